The fraction of sp³-hybridized carbons (Fsp3) is 0.600. The fourth-order valence-electron chi connectivity index (χ4n) is 2.56. The molecule has 2 atom stereocenters. The van der Waals surface area contributed by atoms with Gasteiger partial charge in [-0.05, 0) is 30.9 Å². The molecular weight excluding hydrogens is 272 g/mol. The molecule has 0 heterocycles. The Morgan fingerprint density at radius 1 is 1.20 bits per heavy atom. The van der Waals surface area contributed by atoms with Gasteiger partial charge in [0, 0.05) is 18.5 Å². The van der Waals surface area contributed by atoms with Crippen molar-refractivity contribution in [2.45, 2.75) is 51.0 Å². The molecule has 0 saturated heterocycles. The lowest BCUT2D eigenvalue weighted by atomic mass is 9.83. The van der Waals surface area contributed by atoms with Crippen LogP contribution in [0, 0.1) is 5.92 Å². The van der Waals surface area contributed by atoms with E-state index in [1.807, 2.05) is 26.0 Å². The summed E-state index contributed by atoms with van der Waals surface area (Å²) in [7, 11) is -3.47. The van der Waals surface area contributed by atoms with Gasteiger partial charge in [-0.1, -0.05) is 39.0 Å². The molecule has 3 N–H and O–H groups in total. The highest BCUT2D eigenvalue weighted by Gasteiger charge is 2.27. The zero-order valence-electron chi connectivity index (χ0n) is 12.8. The van der Waals surface area contributed by atoms with E-state index >= 15 is 0 Å². The molecule has 0 aliphatic carbocycles. The highest BCUT2D eigenvalue weighted by Crippen LogP contribution is 2.31. The van der Waals surface area contributed by atoms with Gasteiger partial charge in [0.2, 0.25) is 10.0 Å². The van der Waals surface area contributed by atoms with Gasteiger partial charge in [-0.3, -0.25) is 0 Å². The van der Waals surface area contributed by atoms with Gasteiger partial charge in [-0.15, -0.1) is 0 Å². The number of hydrogen-bond acceptors (Lipinski definition) is 3. The van der Waals surface area contributed by atoms with Crippen LogP contribution in [0.2, 0.25) is 0 Å². The van der Waals surface area contributed by atoms with Crippen molar-refractivity contribution in [1.29, 1.82) is 0 Å². The van der Waals surface area contributed by atoms with Crippen molar-refractivity contribution in [3.8, 4) is 0 Å². The monoisotopic (exact) mass is 298 g/mol. The van der Waals surface area contributed by atoms with E-state index in [-0.39, 0.29) is 17.9 Å². The average molecular weight is 298 g/mol. The number of sulfonamides is 1. The van der Waals surface area contributed by atoms with Gasteiger partial charge >= 0.3 is 0 Å². The molecule has 0 saturated carbocycles. The summed E-state index contributed by atoms with van der Waals surface area (Å²) in [4.78, 5) is 0.351. The molecule has 0 aliphatic rings. The minimum Gasteiger partial charge on any atom is -0.327 e. The van der Waals surface area contributed by atoms with Gasteiger partial charge in [0.1, 0.15) is 0 Å². The Labute approximate surface area is 122 Å². The predicted octanol–water partition coefficient (Wildman–Crippen LogP) is 2.46. The Morgan fingerprint density at radius 2 is 1.80 bits per heavy atom. The van der Waals surface area contributed by atoms with Gasteiger partial charge in [-0.2, -0.15) is 0 Å². The highest BCUT2D eigenvalue weighted by molar-refractivity contribution is 7.89. The quantitative estimate of drug-likeness (QED) is 0.812. The second-order valence-corrected chi connectivity index (χ2v) is 7.30. The Hall–Kier alpha value is -0.910. The fourth-order valence-corrected chi connectivity index (χ4v) is 3.96. The Bertz CT molecular complexity index is 516. The van der Waals surface area contributed by atoms with Crippen molar-refractivity contribution >= 4 is 10.0 Å². The van der Waals surface area contributed by atoms with Crippen LogP contribution in [0.1, 0.15) is 45.6 Å². The number of rotatable bonds is 7. The second-order valence-electron chi connectivity index (χ2n) is 5.56. The van der Waals surface area contributed by atoms with E-state index in [4.69, 9.17) is 5.73 Å². The van der Waals surface area contributed by atoms with Gasteiger partial charge in [0.05, 0.1) is 4.90 Å². The molecule has 1 rings (SSSR count). The van der Waals surface area contributed by atoms with E-state index < -0.39 is 10.0 Å². The summed E-state index contributed by atoms with van der Waals surface area (Å²) < 4.78 is 27.4. The van der Waals surface area contributed by atoms with E-state index in [0.717, 1.165) is 12.0 Å². The number of hydrogen-bond donors (Lipinski definition) is 2. The van der Waals surface area contributed by atoms with Crippen molar-refractivity contribution in [3.63, 3.8) is 0 Å². The average Bonchev–Trinajstić information content (AvgIpc) is 2.36. The van der Waals surface area contributed by atoms with Crippen molar-refractivity contribution in [1.82, 2.24) is 4.72 Å². The van der Waals surface area contributed by atoms with Crippen molar-refractivity contribution < 1.29 is 8.42 Å². The topological polar surface area (TPSA) is 72.2 Å². The SMILES string of the molecule is CCCNS(=O)(=O)c1ccccc1C(C(C)C)C(C)N. The maximum atomic E-state index is 12.4. The van der Waals surface area contributed by atoms with E-state index in [1.54, 1.807) is 12.1 Å². The highest BCUT2D eigenvalue weighted by atomic mass is 32.2. The van der Waals surface area contributed by atoms with E-state index in [9.17, 15) is 8.42 Å². The predicted molar refractivity (Wildman–Crippen MR) is 83.1 cm³/mol. The van der Waals surface area contributed by atoms with Crippen LogP contribution in [0.25, 0.3) is 0 Å². The lowest BCUT2D eigenvalue weighted by Crippen LogP contribution is -2.32. The van der Waals surface area contributed by atoms with Crippen molar-refractivity contribution in [2.75, 3.05) is 6.54 Å². The van der Waals surface area contributed by atoms with Crippen LogP contribution >= 0.6 is 0 Å². The van der Waals surface area contributed by atoms with Crippen LogP contribution in [0.5, 0.6) is 0 Å². The summed E-state index contributed by atoms with van der Waals surface area (Å²) >= 11 is 0. The molecule has 0 bridgehead atoms. The Morgan fingerprint density at radius 3 is 2.30 bits per heavy atom. The molecule has 0 spiro atoms. The molecule has 5 heteroatoms. The van der Waals surface area contributed by atoms with Gasteiger partial charge < -0.3 is 5.73 Å². The lowest BCUT2D eigenvalue weighted by molar-refractivity contribution is 0.429. The first-order chi connectivity index (χ1) is 9.31. The zero-order chi connectivity index (χ0) is 15.3. The van der Waals surface area contributed by atoms with Gasteiger partial charge in [0.15, 0.2) is 0 Å². The molecule has 0 aromatic heterocycles. The zero-order valence-corrected chi connectivity index (χ0v) is 13.6. The summed E-state index contributed by atoms with van der Waals surface area (Å²) in [5.41, 5.74) is 6.87. The minimum absolute atomic E-state index is 0.0180. The van der Waals surface area contributed by atoms with Crippen LogP contribution in [-0.4, -0.2) is 21.0 Å². The van der Waals surface area contributed by atoms with Crippen molar-refractivity contribution in [3.05, 3.63) is 29.8 Å². The summed E-state index contributed by atoms with van der Waals surface area (Å²) in [6.07, 6.45) is 0.766. The molecule has 0 amide bonds. The third-order valence-electron chi connectivity index (χ3n) is 3.39. The van der Waals surface area contributed by atoms with E-state index in [2.05, 4.69) is 18.6 Å². The molecule has 0 radical (unpaired) electrons. The molecule has 20 heavy (non-hydrogen) atoms. The van der Waals surface area contributed by atoms with Gasteiger partial charge in [0.25, 0.3) is 0 Å². The summed E-state index contributed by atoms with van der Waals surface area (Å²) in [5, 5.41) is 0. The van der Waals surface area contributed by atoms with Crippen LogP contribution in [-0.2, 0) is 10.0 Å². The first-order valence-corrected chi connectivity index (χ1v) is 8.63. The molecule has 2 unspecified atom stereocenters. The van der Waals surface area contributed by atoms with Crippen LogP contribution in [0.3, 0.4) is 0 Å². The maximum absolute atomic E-state index is 12.4. The number of nitrogens with two attached hydrogens (primary N) is 1. The van der Waals surface area contributed by atoms with Gasteiger partial charge in [-0.25, -0.2) is 13.1 Å². The number of nitrogens with one attached hydrogen (secondary N) is 1. The van der Waals surface area contributed by atoms with Crippen LogP contribution in [0.15, 0.2) is 29.2 Å². The summed E-state index contributed by atoms with van der Waals surface area (Å²) in [5.74, 6) is 0.293. The normalized spacial score (nSPS) is 15.3. The third kappa shape index (κ3) is 4.04. The first kappa shape index (κ1) is 17.1. The maximum Gasteiger partial charge on any atom is 0.240 e. The second kappa shape index (κ2) is 7.20. The number of benzene rings is 1. The standard InChI is InChI=1S/C15H26N2O2S/c1-5-10-17-20(18,19)14-9-7-6-8-13(14)15(11(2)3)12(4)16/h6-9,11-12,15,17H,5,10,16H2,1-4H3. The molecular formula is C15H26N2O2S. The van der Waals surface area contributed by atoms with Crippen LogP contribution in [0.4, 0.5) is 0 Å². The molecule has 0 fully saturated rings. The Balaban J connectivity index is 3.29. The summed E-state index contributed by atoms with van der Waals surface area (Å²) in [6, 6.07) is 7.05. The smallest absolute Gasteiger partial charge is 0.240 e. The molecule has 1 aromatic carbocycles. The molecule has 114 valence electrons. The van der Waals surface area contributed by atoms with E-state index in [0.29, 0.717) is 11.4 Å². The first-order valence-electron chi connectivity index (χ1n) is 7.15. The molecule has 4 nitrogen and oxygen atoms in total. The van der Waals surface area contributed by atoms with Crippen LogP contribution < -0.4 is 10.5 Å². The van der Waals surface area contributed by atoms with Crippen molar-refractivity contribution in [2.24, 2.45) is 11.7 Å². The lowest BCUT2D eigenvalue weighted by Gasteiger charge is -2.27. The summed E-state index contributed by atoms with van der Waals surface area (Å²) in [6.45, 7) is 8.44. The molecule has 1 aromatic rings. The minimum atomic E-state index is -3.47. The largest absolute Gasteiger partial charge is 0.327 e. The van der Waals surface area contributed by atoms with E-state index in [1.165, 1.54) is 0 Å². The molecule has 0 aliphatic heterocycles. The third-order valence-corrected chi connectivity index (χ3v) is 4.93. The Kier molecular flexibility index (Phi) is 6.17.